The zero-order valence-corrected chi connectivity index (χ0v) is 17.0. The number of fused-ring (bicyclic) bond motifs is 1. The average Bonchev–Trinajstić information content (AvgIpc) is 2.73. The lowest BCUT2D eigenvalue weighted by Crippen LogP contribution is -2.40. The molecule has 1 fully saturated rings. The van der Waals surface area contributed by atoms with Crippen molar-refractivity contribution in [1.29, 1.82) is 0 Å². The Balaban J connectivity index is 1.65. The van der Waals surface area contributed by atoms with Crippen molar-refractivity contribution in [3.05, 3.63) is 40.2 Å². The number of amides is 2. The van der Waals surface area contributed by atoms with Gasteiger partial charge in [0.2, 0.25) is 17.8 Å². The lowest BCUT2D eigenvalue weighted by atomic mass is 9.92. The molecule has 3 heterocycles. The highest BCUT2D eigenvalue weighted by Gasteiger charge is 2.35. The second-order valence-corrected chi connectivity index (χ2v) is 7.84. The van der Waals surface area contributed by atoms with Gasteiger partial charge >= 0.3 is 0 Å². The molecule has 9 heteroatoms. The molecule has 9 nitrogen and oxygen atoms in total. The van der Waals surface area contributed by atoms with Crippen LogP contribution in [0.1, 0.15) is 37.7 Å². The highest BCUT2D eigenvalue weighted by Crippen LogP contribution is 2.32. The first-order valence-corrected chi connectivity index (χ1v) is 10.1. The number of benzene rings is 1. The van der Waals surface area contributed by atoms with Gasteiger partial charge < -0.3 is 20.3 Å². The molecule has 2 atom stereocenters. The summed E-state index contributed by atoms with van der Waals surface area (Å²) in [5.41, 5.74) is 0.241. The molecule has 0 bridgehead atoms. The Morgan fingerprint density at radius 3 is 2.87 bits per heavy atom. The number of nitrogens with one attached hydrogen (secondary N) is 3. The van der Waals surface area contributed by atoms with Gasteiger partial charge in [0.15, 0.2) is 0 Å². The summed E-state index contributed by atoms with van der Waals surface area (Å²) in [6, 6.07) is 6.97. The molecular weight excluding hydrogens is 386 g/mol. The Bertz CT molecular complexity index is 1030. The molecule has 0 spiro atoms. The molecule has 1 saturated heterocycles. The quantitative estimate of drug-likeness (QED) is 0.709. The number of piperidine rings is 1. The van der Waals surface area contributed by atoms with E-state index in [-0.39, 0.29) is 23.7 Å². The molecule has 0 radical (unpaired) electrons. The summed E-state index contributed by atoms with van der Waals surface area (Å²) in [4.78, 5) is 47.5. The van der Waals surface area contributed by atoms with Gasteiger partial charge in [-0.3, -0.25) is 19.4 Å². The van der Waals surface area contributed by atoms with Crippen LogP contribution in [-0.4, -0.2) is 42.0 Å². The molecule has 2 amide bonds. The minimum absolute atomic E-state index is 0.126. The van der Waals surface area contributed by atoms with Crippen molar-refractivity contribution in [1.82, 2.24) is 9.97 Å². The predicted molar refractivity (Wildman–Crippen MR) is 113 cm³/mol. The van der Waals surface area contributed by atoms with Gasteiger partial charge in [0.1, 0.15) is 11.6 Å². The highest BCUT2D eigenvalue weighted by atomic mass is 16.5. The summed E-state index contributed by atoms with van der Waals surface area (Å²) in [7, 11) is 1.51. The summed E-state index contributed by atoms with van der Waals surface area (Å²) < 4.78 is 5.26. The minimum atomic E-state index is -0.941. The van der Waals surface area contributed by atoms with E-state index in [1.807, 2.05) is 4.90 Å². The van der Waals surface area contributed by atoms with Crippen molar-refractivity contribution in [3.63, 3.8) is 0 Å². The maximum absolute atomic E-state index is 13.0. The maximum Gasteiger partial charge on any atom is 0.258 e. The van der Waals surface area contributed by atoms with Crippen LogP contribution in [0.5, 0.6) is 5.75 Å². The van der Waals surface area contributed by atoms with Crippen LogP contribution in [0.25, 0.3) is 0 Å². The summed E-state index contributed by atoms with van der Waals surface area (Å²) >= 11 is 0. The molecule has 158 valence electrons. The lowest BCUT2D eigenvalue weighted by Gasteiger charge is -2.32. The first-order chi connectivity index (χ1) is 14.5. The normalized spacial score (nSPS) is 20.9. The van der Waals surface area contributed by atoms with Crippen molar-refractivity contribution in [2.75, 3.05) is 35.7 Å². The van der Waals surface area contributed by atoms with Gasteiger partial charge in [0.25, 0.3) is 5.56 Å². The van der Waals surface area contributed by atoms with E-state index in [2.05, 4.69) is 27.5 Å². The summed E-state index contributed by atoms with van der Waals surface area (Å²) in [5, 5.41) is 5.43. The Hall–Kier alpha value is -3.36. The molecule has 0 saturated carbocycles. The second kappa shape index (κ2) is 8.17. The molecule has 1 aromatic carbocycles. The smallest absolute Gasteiger partial charge is 0.258 e. The number of para-hydroxylation sites is 2. The van der Waals surface area contributed by atoms with E-state index in [0.29, 0.717) is 23.3 Å². The summed E-state index contributed by atoms with van der Waals surface area (Å²) in [6.07, 6.45) is 2.02. The zero-order chi connectivity index (χ0) is 21.3. The van der Waals surface area contributed by atoms with Crippen molar-refractivity contribution < 1.29 is 14.3 Å². The number of methoxy groups -OCH3 is 1. The number of ether oxygens (including phenoxy) is 1. The van der Waals surface area contributed by atoms with Crippen LogP contribution in [0.4, 0.5) is 17.5 Å². The number of aromatic nitrogens is 2. The standard InChI is InChI=1S/C21H25N5O4/c1-12-6-5-9-26(11-12)21-24-18-17(20(29)25-21)13(10-16(27)23-18)19(28)22-14-7-3-4-8-15(14)30-2/h3-4,7-8,12-13H,5-6,9-11H2,1-2H3,(H,22,28)(H2,23,24,25,27,29)/t12-,13-/m0/s1. The number of aromatic amines is 1. The van der Waals surface area contributed by atoms with Gasteiger partial charge in [0.05, 0.1) is 24.3 Å². The van der Waals surface area contributed by atoms with E-state index in [9.17, 15) is 14.4 Å². The SMILES string of the molecule is COc1ccccc1NC(=O)[C@H]1CC(=O)Nc2nc(N3CCC[C@H](C)C3)[nH]c(=O)c21. The molecule has 2 aromatic rings. The van der Waals surface area contributed by atoms with Crippen LogP contribution in [0, 0.1) is 5.92 Å². The third-order valence-corrected chi connectivity index (χ3v) is 5.58. The second-order valence-electron chi connectivity index (χ2n) is 7.84. The van der Waals surface area contributed by atoms with Crippen LogP contribution in [0.3, 0.4) is 0 Å². The lowest BCUT2D eigenvalue weighted by molar-refractivity contribution is -0.123. The van der Waals surface area contributed by atoms with Crippen LogP contribution < -0.4 is 25.8 Å². The van der Waals surface area contributed by atoms with Crippen LogP contribution in [0.15, 0.2) is 29.1 Å². The monoisotopic (exact) mass is 411 g/mol. The van der Waals surface area contributed by atoms with Gasteiger partial charge in [0, 0.05) is 19.5 Å². The number of H-pyrrole nitrogens is 1. The molecule has 4 rings (SSSR count). The van der Waals surface area contributed by atoms with Crippen LogP contribution in [-0.2, 0) is 9.59 Å². The van der Waals surface area contributed by atoms with Crippen molar-refractivity contribution >= 4 is 29.3 Å². The number of nitrogens with zero attached hydrogens (tertiary/aromatic N) is 2. The molecule has 1 aromatic heterocycles. The van der Waals surface area contributed by atoms with E-state index in [4.69, 9.17) is 4.74 Å². The van der Waals surface area contributed by atoms with Crippen LogP contribution in [0.2, 0.25) is 0 Å². The van der Waals surface area contributed by atoms with Crippen LogP contribution >= 0.6 is 0 Å². The van der Waals surface area contributed by atoms with Crippen molar-refractivity contribution in [2.24, 2.45) is 5.92 Å². The number of anilines is 3. The Labute approximate surface area is 173 Å². The van der Waals surface area contributed by atoms with E-state index in [0.717, 1.165) is 25.9 Å². The number of rotatable bonds is 4. The van der Waals surface area contributed by atoms with E-state index in [1.54, 1.807) is 24.3 Å². The van der Waals surface area contributed by atoms with Crippen molar-refractivity contribution in [2.45, 2.75) is 32.1 Å². The average molecular weight is 411 g/mol. The minimum Gasteiger partial charge on any atom is -0.495 e. The van der Waals surface area contributed by atoms with Gasteiger partial charge in [-0.05, 0) is 30.9 Å². The Morgan fingerprint density at radius 1 is 1.30 bits per heavy atom. The van der Waals surface area contributed by atoms with Crippen molar-refractivity contribution in [3.8, 4) is 5.75 Å². The van der Waals surface area contributed by atoms with Gasteiger partial charge in [-0.25, -0.2) is 0 Å². The fraction of sp³-hybridized carbons (Fsp3) is 0.429. The molecule has 2 aliphatic heterocycles. The van der Waals surface area contributed by atoms with E-state index in [1.165, 1.54) is 7.11 Å². The molecule has 0 unspecified atom stereocenters. The Kier molecular flexibility index (Phi) is 5.43. The van der Waals surface area contributed by atoms with Gasteiger partial charge in [-0.2, -0.15) is 4.98 Å². The number of carbonyl (C=O) groups excluding carboxylic acids is 2. The third kappa shape index (κ3) is 3.87. The fourth-order valence-corrected chi connectivity index (χ4v) is 4.08. The third-order valence-electron chi connectivity index (χ3n) is 5.58. The highest BCUT2D eigenvalue weighted by molar-refractivity contribution is 6.04. The molecule has 2 aliphatic rings. The Morgan fingerprint density at radius 2 is 2.10 bits per heavy atom. The van der Waals surface area contributed by atoms with Gasteiger partial charge in [-0.15, -0.1) is 0 Å². The van der Waals surface area contributed by atoms with E-state index >= 15 is 0 Å². The topological polar surface area (TPSA) is 116 Å². The molecule has 0 aliphatic carbocycles. The fourth-order valence-electron chi connectivity index (χ4n) is 4.08. The zero-order valence-electron chi connectivity index (χ0n) is 17.0. The maximum atomic E-state index is 13.0. The predicted octanol–water partition coefficient (Wildman–Crippen LogP) is 2.08. The first kappa shape index (κ1) is 19.9. The number of hydrogen-bond donors (Lipinski definition) is 3. The van der Waals surface area contributed by atoms with Gasteiger partial charge in [-0.1, -0.05) is 19.1 Å². The molecule has 3 N–H and O–H groups in total. The molecular formula is C21H25N5O4. The molecule has 30 heavy (non-hydrogen) atoms. The largest absolute Gasteiger partial charge is 0.495 e. The van der Waals surface area contributed by atoms with E-state index < -0.39 is 17.4 Å². The summed E-state index contributed by atoms with van der Waals surface area (Å²) in [5.74, 6) is -0.174. The first-order valence-electron chi connectivity index (χ1n) is 10.1. The summed E-state index contributed by atoms with van der Waals surface area (Å²) in [6.45, 7) is 3.73. The number of carbonyl (C=O) groups is 2. The number of hydrogen-bond acceptors (Lipinski definition) is 6.